The molecule has 0 aliphatic carbocycles. The molecule has 4 nitrogen and oxygen atoms in total. The van der Waals surface area contributed by atoms with Crippen molar-refractivity contribution >= 4 is 40.9 Å². The zero-order valence-electron chi connectivity index (χ0n) is 11.7. The Morgan fingerprint density at radius 1 is 1.21 bits per heavy atom. The third-order valence-corrected chi connectivity index (χ3v) is 3.44. The van der Waals surface area contributed by atoms with Crippen molar-refractivity contribution in [1.29, 1.82) is 0 Å². The van der Waals surface area contributed by atoms with Crippen LogP contribution in [0.1, 0.15) is 11.1 Å². The van der Waals surface area contributed by atoms with Crippen molar-refractivity contribution in [3.8, 4) is 0 Å². The Hall–Kier alpha value is -2.25. The third kappa shape index (κ3) is 4.62. The molecule has 0 saturated carbocycles. The van der Waals surface area contributed by atoms with E-state index >= 15 is 0 Å². The molecular formula is C15H9Cl2F3N2O2. The lowest BCUT2D eigenvalue weighted by Crippen LogP contribution is -2.20. The monoisotopic (exact) mass is 376 g/mol. The molecule has 0 bridgehead atoms. The first-order valence-corrected chi connectivity index (χ1v) is 7.16. The molecule has 2 rings (SSSR count). The number of carbonyl (C=O) groups excluding carboxylic acids is 1. The molecule has 126 valence electrons. The number of benzene rings is 1. The summed E-state index contributed by atoms with van der Waals surface area (Å²) in [6.45, 7) is 0. The molecule has 0 fully saturated rings. The van der Waals surface area contributed by atoms with E-state index < -0.39 is 28.9 Å². The number of rotatable bonds is 3. The summed E-state index contributed by atoms with van der Waals surface area (Å²) < 4.78 is 37.8. The molecule has 1 heterocycles. The summed E-state index contributed by atoms with van der Waals surface area (Å²) in [7, 11) is 0. The first-order chi connectivity index (χ1) is 11.2. The van der Waals surface area contributed by atoms with Crippen molar-refractivity contribution in [2.24, 2.45) is 0 Å². The number of pyridine rings is 1. The maximum absolute atomic E-state index is 12.6. The van der Waals surface area contributed by atoms with E-state index in [1.807, 2.05) is 4.98 Å². The number of nitrogens with one attached hydrogen (secondary N) is 2. The van der Waals surface area contributed by atoms with Crippen LogP contribution < -0.4 is 10.9 Å². The number of amides is 1. The zero-order valence-corrected chi connectivity index (χ0v) is 13.3. The fourth-order valence-corrected chi connectivity index (χ4v) is 2.08. The van der Waals surface area contributed by atoms with Gasteiger partial charge in [0.15, 0.2) is 0 Å². The van der Waals surface area contributed by atoms with Crippen molar-refractivity contribution in [2.75, 3.05) is 5.32 Å². The number of hydrogen-bond donors (Lipinski definition) is 2. The Balaban J connectivity index is 2.19. The van der Waals surface area contributed by atoms with Gasteiger partial charge >= 0.3 is 6.18 Å². The fourth-order valence-electron chi connectivity index (χ4n) is 1.72. The summed E-state index contributed by atoms with van der Waals surface area (Å²) in [6.07, 6.45) is -1.77. The topological polar surface area (TPSA) is 62.0 Å². The number of hydrogen-bond acceptors (Lipinski definition) is 2. The van der Waals surface area contributed by atoms with Crippen LogP contribution in [0.5, 0.6) is 0 Å². The normalized spacial score (nSPS) is 11.7. The summed E-state index contributed by atoms with van der Waals surface area (Å²) in [5, 5.41) is 2.81. The zero-order chi connectivity index (χ0) is 17.9. The van der Waals surface area contributed by atoms with Gasteiger partial charge in [0.1, 0.15) is 5.69 Å². The summed E-state index contributed by atoms with van der Waals surface area (Å²) in [5.74, 6) is -0.795. The predicted octanol–water partition coefficient (Wildman–Crippen LogP) is 4.35. The van der Waals surface area contributed by atoms with Crippen LogP contribution in [0.4, 0.5) is 18.9 Å². The number of halogens is 5. The number of carbonyl (C=O) groups is 1. The molecule has 24 heavy (non-hydrogen) atoms. The molecule has 2 N–H and O–H groups in total. The predicted molar refractivity (Wildman–Crippen MR) is 86.2 cm³/mol. The van der Waals surface area contributed by atoms with Crippen LogP contribution in [-0.4, -0.2) is 10.9 Å². The molecule has 0 spiro atoms. The lowest BCUT2D eigenvalue weighted by Gasteiger charge is -2.08. The van der Waals surface area contributed by atoms with Crippen molar-refractivity contribution in [2.45, 2.75) is 6.18 Å². The van der Waals surface area contributed by atoms with Crippen LogP contribution in [0.15, 0.2) is 41.3 Å². The highest BCUT2D eigenvalue weighted by molar-refractivity contribution is 6.34. The van der Waals surface area contributed by atoms with Gasteiger partial charge in [-0.3, -0.25) is 9.59 Å². The highest BCUT2D eigenvalue weighted by Gasteiger charge is 2.31. The van der Waals surface area contributed by atoms with E-state index in [1.54, 1.807) is 6.07 Å². The van der Waals surface area contributed by atoms with E-state index in [0.717, 1.165) is 6.08 Å². The Kier molecular flexibility index (Phi) is 5.36. The summed E-state index contributed by atoms with van der Waals surface area (Å²) in [6, 6.07) is 5.14. The summed E-state index contributed by atoms with van der Waals surface area (Å²) in [4.78, 5) is 25.2. The van der Waals surface area contributed by atoms with E-state index in [4.69, 9.17) is 23.2 Å². The average molecular weight is 377 g/mol. The number of alkyl halides is 3. The summed E-state index contributed by atoms with van der Waals surface area (Å²) >= 11 is 11.7. The van der Waals surface area contributed by atoms with Crippen LogP contribution >= 0.6 is 23.2 Å². The standard InChI is InChI=1S/C15H9Cl2F3N2O2/c16-10-2-3-11(17)8(5-10)1-4-13(23)22-12-6-9(15(18,19)20)7-21-14(12)24/h1-7H,(H,21,24)(H,22,23)/b4-1+. The molecule has 0 aliphatic rings. The van der Waals surface area contributed by atoms with E-state index in [-0.39, 0.29) is 0 Å². The van der Waals surface area contributed by atoms with Gasteiger partial charge in [-0.1, -0.05) is 23.2 Å². The first-order valence-electron chi connectivity index (χ1n) is 6.41. The lowest BCUT2D eigenvalue weighted by molar-refractivity contribution is -0.137. The highest BCUT2D eigenvalue weighted by Crippen LogP contribution is 2.29. The second kappa shape index (κ2) is 7.11. The number of aromatic nitrogens is 1. The first kappa shape index (κ1) is 18.1. The van der Waals surface area contributed by atoms with Gasteiger partial charge in [0.05, 0.1) is 5.56 Å². The molecule has 0 radical (unpaired) electrons. The minimum absolute atomic E-state index is 0.334. The second-order valence-electron chi connectivity index (χ2n) is 4.62. The van der Waals surface area contributed by atoms with Gasteiger partial charge in [-0.15, -0.1) is 0 Å². The Labute approximate surface area is 143 Å². The quantitative estimate of drug-likeness (QED) is 0.782. The third-order valence-electron chi connectivity index (χ3n) is 2.86. The largest absolute Gasteiger partial charge is 0.417 e. The minimum atomic E-state index is -4.65. The van der Waals surface area contributed by atoms with Crippen molar-refractivity contribution in [3.05, 3.63) is 68.1 Å². The van der Waals surface area contributed by atoms with E-state index in [2.05, 4.69) is 5.32 Å². The van der Waals surface area contributed by atoms with Gasteiger partial charge in [-0.25, -0.2) is 0 Å². The number of aromatic amines is 1. The van der Waals surface area contributed by atoms with E-state index in [1.165, 1.54) is 18.2 Å². The van der Waals surface area contributed by atoms with Crippen LogP contribution in [0, 0.1) is 0 Å². The molecule has 1 aromatic heterocycles. The van der Waals surface area contributed by atoms with Crippen LogP contribution in [0.2, 0.25) is 10.0 Å². The van der Waals surface area contributed by atoms with E-state index in [0.29, 0.717) is 27.9 Å². The number of H-pyrrole nitrogens is 1. The fraction of sp³-hybridized carbons (Fsp3) is 0.0667. The molecular weight excluding hydrogens is 368 g/mol. The van der Waals surface area contributed by atoms with Gasteiger partial charge in [0.25, 0.3) is 5.56 Å². The smallest absolute Gasteiger partial charge is 0.327 e. The van der Waals surface area contributed by atoms with Gasteiger partial charge < -0.3 is 10.3 Å². The molecule has 1 amide bonds. The maximum Gasteiger partial charge on any atom is 0.417 e. The van der Waals surface area contributed by atoms with Crippen molar-refractivity contribution in [3.63, 3.8) is 0 Å². The SMILES string of the molecule is O=C(/C=C/c1cc(Cl)ccc1Cl)Nc1cc(C(F)(F)F)c[nH]c1=O. The van der Waals surface area contributed by atoms with Gasteiger partial charge in [0.2, 0.25) is 5.91 Å². The molecule has 2 aromatic rings. The second-order valence-corrected chi connectivity index (χ2v) is 5.46. The van der Waals surface area contributed by atoms with Crippen molar-refractivity contribution in [1.82, 2.24) is 4.98 Å². The Bertz CT molecular complexity index is 861. The van der Waals surface area contributed by atoms with Crippen molar-refractivity contribution < 1.29 is 18.0 Å². The molecule has 0 aliphatic heterocycles. The molecule has 0 atom stereocenters. The average Bonchev–Trinajstić information content (AvgIpc) is 2.49. The molecule has 1 aromatic carbocycles. The van der Waals surface area contributed by atoms with Gasteiger partial charge in [-0.05, 0) is 35.9 Å². The van der Waals surface area contributed by atoms with Crippen LogP contribution in [0.3, 0.4) is 0 Å². The molecule has 0 saturated heterocycles. The number of anilines is 1. The van der Waals surface area contributed by atoms with E-state index in [9.17, 15) is 22.8 Å². The minimum Gasteiger partial charge on any atom is -0.327 e. The summed E-state index contributed by atoms with van der Waals surface area (Å²) in [5.41, 5.74) is -2.02. The molecule has 0 unspecified atom stereocenters. The maximum atomic E-state index is 12.6. The Morgan fingerprint density at radius 3 is 2.58 bits per heavy atom. The lowest BCUT2D eigenvalue weighted by atomic mass is 10.2. The van der Waals surface area contributed by atoms with Gasteiger partial charge in [0, 0.05) is 22.3 Å². The molecule has 9 heteroatoms. The Morgan fingerprint density at radius 2 is 1.92 bits per heavy atom. The highest BCUT2D eigenvalue weighted by atomic mass is 35.5. The van der Waals surface area contributed by atoms with Crippen LogP contribution in [-0.2, 0) is 11.0 Å². The van der Waals surface area contributed by atoms with Crippen LogP contribution in [0.25, 0.3) is 6.08 Å². The van der Waals surface area contributed by atoms with Gasteiger partial charge in [-0.2, -0.15) is 13.2 Å².